The van der Waals surface area contributed by atoms with Gasteiger partial charge in [-0.3, -0.25) is 0 Å². The van der Waals surface area contributed by atoms with E-state index in [-0.39, 0.29) is 0 Å². The van der Waals surface area contributed by atoms with Crippen LogP contribution in [0.1, 0.15) is 0 Å². The average Bonchev–Trinajstić information content (AvgIpc) is 1.21. The summed E-state index contributed by atoms with van der Waals surface area (Å²) >= 11 is 2.71. The number of hydrogen-bond donors (Lipinski definition) is 1. The van der Waals surface area contributed by atoms with Gasteiger partial charge in [-0.25, -0.2) is 4.79 Å². The van der Waals surface area contributed by atoms with Gasteiger partial charge in [0.2, 0.25) is 0 Å². The molecular formula is C2HF3O2S. The molecular weight excluding hydrogens is 145 g/mol. The summed E-state index contributed by atoms with van der Waals surface area (Å²) in [5, 5.41) is -1.66. The summed E-state index contributed by atoms with van der Waals surface area (Å²) in [6, 6.07) is 0. The Kier molecular flexibility index (Phi) is 2.14. The largest absolute Gasteiger partial charge is 0.575 e. The average molecular weight is 146 g/mol. The zero-order valence-corrected chi connectivity index (χ0v) is 4.29. The van der Waals surface area contributed by atoms with Crippen molar-refractivity contribution in [3.63, 3.8) is 0 Å². The van der Waals surface area contributed by atoms with Crippen LogP contribution in [0.3, 0.4) is 0 Å². The van der Waals surface area contributed by atoms with Crippen molar-refractivity contribution in [1.82, 2.24) is 0 Å². The zero-order chi connectivity index (χ0) is 6.78. The summed E-state index contributed by atoms with van der Waals surface area (Å²) in [4.78, 5) is 9.38. The maximum Gasteiger partial charge on any atom is 0.575 e. The van der Waals surface area contributed by atoms with Crippen molar-refractivity contribution in [1.29, 1.82) is 0 Å². The van der Waals surface area contributed by atoms with Crippen LogP contribution in [0.15, 0.2) is 0 Å². The molecule has 0 aromatic heterocycles. The maximum atomic E-state index is 10.8. The first kappa shape index (κ1) is 7.61. The summed E-state index contributed by atoms with van der Waals surface area (Å²) < 4.78 is 35.1. The normalized spacial score (nSPS) is 11.0. The van der Waals surface area contributed by atoms with Gasteiger partial charge in [0.05, 0.1) is 0 Å². The van der Waals surface area contributed by atoms with E-state index in [2.05, 4.69) is 17.4 Å². The molecule has 0 saturated carbocycles. The van der Waals surface area contributed by atoms with Crippen molar-refractivity contribution in [2.75, 3.05) is 0 Å². The molecule has 0 aliphatic heterocycles. The minimum Gasteiger partial charge on any atom is -0.365 e. The molecule has 0 unspecified atom stereocenters. The molecule has 0 radical (unpaired) electrons. The van der Waals surface area contributed by atoms with Gasteiger partial charge in [-0.2, -0.15) is 0 Å². The number of hydrogen-bond acceptors (Lipinski definition) is 2. The number of carbonyl (C=O) groups is 1. The fourth-order valence-corrected chi connectivity index (χ4v) is 0.203. The van der Waals surface area contributed by atoms with Crippen LogP contribution >= 0.6 is 12.6 Å². The minimum atomic E-state index is -4.90. The Hall–Kier alpha value is -0.390. The van der Waals surface area contributed by atoms with E-state index in [9.17, 15) is 18.0 Å². The lowest BCUT2D eigenvalue weighted by atomic mass is 11.3. The molecule has 2 nitrogen and oxygen atoms in total. The van der Waals surface area contributed by atoms with Crippen LogP contribution in [0, 0.1) is 0 Å². The van der Waals surface area contributed by atoms with Gasteiger partial charge in [-0.1, -0.05) is 12.6 Å². The third kappa shape index (κ3) is 5.61. The molecule has 0 atom stereocenters. The molecule has 0 amide bonds. The second-order valence-corrected chi connectivity index (χ2v) is 1.18. The molecule has 0 rings (SSSR count). The molecule has 0 aliphatic rings. The fraction of sp³-hybridized carbons (Fsp3) is 0.500. The van der Waals surface area contributed by atoms with E-state index in [1.54, 1.807) is 0 Å². The lowest BCUT2D eigenvalue weighted by Gasteiger charge is -2.01. The third-order valence-corrected chi connectivity index (χ3v) is 0.294. The number of alkyl halides is 3. The molecule has 0 bridgehead atoms. The number of thiol groups is 1. The van der Waals surface area contributed by atoms with E-state index in [1.807, 2.05) is 0 Å². The molecule has 0 fully saturated rings. The fourth-order valence-electron chi connectivity index (χ4n) is 0.0990. The number of rotatable bonds is 0. The summed E-state index contributed by atoms with van der Waals surface area (Å²) in [5.74, 6) is 0. The van der Waals surface area contributed by atoms with E-state index in [0.717, 1.165) is 0 Å². The van der Waals surface area contributed by atoms with Crippen LogP contribution < -0.4 is 0 Å². The molecule has 8 heavy (non-hydrogen) atoms. The Morgan fingerprint density at radius 2 is 1.88 bits per heavy atom. The van der Waals surface area contributed by atoms with Gasteiger partial charge in [-0.15, -0.1) is 13.2 Å². The molecule has 0 N–H and O–H groups in total. The van der Waals surface area contributed by atoms with E-state index in [0.29, 0.717) is 0 Å². The van der Waals surface area contributed by atoms with Crippen molar-refractivity contribution in [3.05, 3.63) is 0 Å². The van der Waals surface area contributed by atoms with Crippen molar-refractivity contribution < 1.29 is 22.7 Å². The van der Waals surface area contributed by atoms with Crippen molar-refractivity contribution >= 4 is 17.9 Å². The third-order valence-electron chi connectivity index (χ3n) is 0.203. The van der Waals surface area contributed by atoms with Crippen molar-refractivity contribution in [3.8, 4) is 0 Å². The van der Waals surface area contributed by atoms with Crippen LogP contribution in [-0.2, 0) is 4.74 Å². The highest BCUT2D eigenvalue weighted by Crippen LogP contribution is 2.16. The number of ether oxygens (including phenoxy) is 1. The maximum absolute atomic E-state index is 10.8. The Labute approximate surface area is 48.0 Å². The lowest BCUT2D eigenvalue weighted by molar-refractivity contribution is -0.286. The first-order valence-corrected chi connectivity index (χ1v) is 1.85. The Morgan fingerprint density at radius 3 is 1.88 bits per heavy atom. The summed E-state index contributed by atoms with van der Waals surface area (Å²) in [7, 11) is 0. The van der Waals surface area contributed by atoms with Crippen LogP contribution in [0.25, 0.3) is 0 Å². The van der Waals surface area contributed by atoms with E-state index < -0.39 is 11.7 Å². The molecule has 0 saturated heterocycles. The summed E-state index contributed by atoms with van der Waals surface area (Å²) in [6.45, 7) is 0. The van der Waals surface area contributed by atoms with Crippen LogP contribution in [-0.4, -0.2) is 11.7 Å². The monoisotopic (exact) mass is 146 g/mol. The van der Waals surface area contributed by atoms with Crippen LogP contribution in [0.5, 0.6) is 0 Å². The molecule has 0 aliphatic carbocycles. The second kappa shape index (κ2) is 2.25. The van der Waals surface area contributed by atoms with E-state index in [4.69, 9.17) is 0 Å². The van der Waals surface area contributed by atoms with Crippen LogP contribution in [0.2, 0.25) is 0 Å². The molecule has 0 spiro atoms. The summed E-state index contributed by atoms with van der Waals surface area (Å²) in [5.41, 5.74) is 0. The van der Waals surface area contributed by atoms with Gasteiger partial charge in [0.15, 0.2) is 0 Å². The highest BCUT2D eigenvalue weighted by Gasteiger charge is 2.32. The lowest BCUT2D eigenvalue weighted by Crippen LogP contribution is -2.14. The van der Waals surface area contributed by atoms with Gasteiger partial charge in [0.25, 0.3) is 0 Å². The number of halogens is 3. The van der Waals surface area contributed by atoms with Crippen LogP contribution in [0.4, 0.5) is 18.0 Å². The first-order valence-electron chi connectivity index (χ1n) is 1.40. The van der Waals surface area contributed by atoms with E-state index >= 15 is 0 Å². The van der Waals surface area contributed by atoms with Crippen molar-refractivity contribution in [2.45, 2.75) is 6.36 Å². The molecule has 6 heteroatoms. The predicted molar refractivity (Wildman–Crippen MR) is 21.5 cm³/mol. The molecule has 0 aromatic rings. The quantitative estimate of drug-likeness (QED) is 0.414. The Balaban J connectivity index is 3.55. The molecule has 0 aromatic carbocycles. The highest BCUT2D eigenvalue weighted by molar-refractivity contribution is 7.96. The SMILES string of the molecule is O=C(S)OC(F)(F)F. The Morgan fingerprint density at radius 1 is 1.50 bits per heavy atom. The van der Waals surface area contributed by atoms with Crippen molar-refractivity contribution in [2.24, 2.45) is 0 Å². The highest BCUT2D eigenvalue weighted by atomic mass is 32.1. The van der Waals surface area contributed by atoms with Gasteiger partial charge < -0.3 is 4.74 Å². The standard InChI is InChI=1S/C2HF3O2S/c3-2(4,5)7-1(6)8/h(H,6,8). The topological polar surface area (TPSA) is 26.3 Å². The summed E-state index contributed by atoms with van der Waals surface area (Å²) in [6.07, 6.45) is -4.90. The molecule has 48 valence electrons. The first-order chi connectivity index (χ1) is 3.42. The second-order valence-electron chi connectivity index (χ2n) is 0.814. The predicted octanol–water partition coefficient (Wildman–Crippen LogP) is 1.57. The van der Waals surface area contributed by atoms with Gasteiger partial charge in [0.1, 0.15) is 0 Å². The molecule has 0 heterocycles. The van der Waals surface area contributed by atoms with Gasteiger partial charge >= 0.3 is 11.7 Å². The zero-order valence-electron chi connectivity index (χ0n) is 3.40. The Bertz CT molecular complexity index is 97.9. The minimum absolute atomic E-state index is 1.66. The smallest absolute Gasteiger partial charge is 0.365 e. The van der Waals surface area contributed by atoms with E-state index in [1.165, 1.54) is 0 Å². The van der Waals surface area contributed by atoms with Gasteiger partial charge in [0, 0.05) is 0 Å². The number of carbonyl (C=O) groups excluding carboxylic acids is 1. The van der Waals surface area contributed by atoms with Gasteiger partial charge in [-0.05, 0) is 0 Å².